The minimum absolute atomic E-state index is 0.0123. The van der Waals surface area contributed by atoms with Crippen molar-refractivity contribution >= 4 is 11.8 Å². The molecule has 2 amide bonds. The fraction of sp³-hybridized carbons (Fsp3) is 0.579. The molecule has 132 valence electrons. The van der Waals surface area contributed by atoms with Crippen LogP contribution in [0.1, 0.15) is 50.4 Å². The molecule has 1 aromatic rings. The summed E-state index contributed by atoms with van der Waals surface area (Å²) in [5.74, 6) is -0.170. The largest absolute Gasteiger partial charge is 0.352 e. The maximum absolute atomic E-state index is 12.3. The number of rotatable bonds is 5. The number of nitrogens with two attached hydrogens (primary N) is 1. The highest BCUT2D eigenvalue weighted by molar-refractivity contribution is 5.94. The number of amides is 2. The van der Waals surface area contributed by atoms with E-state index in [-0.39, 0.29) is 35.2 Å². The zero-order valence-electron chi connectivity index (χ0n) is 14.9. The Balaban J connectivity index is 2.01. The first-order valence-electron chi connectivity index (χ1n) is 8.56. The molecule has 5 heteroatoms. The highest BCUT2D eigenvalue weighted by Crippen LogP contribution is 2.45. The number of carbonyl (C=O) groups excluding carboxylic acids is 2. The third kappa shape index (κ3) is 5.06. The lowest BCUT2D eigenvalue weighted by Gasteiger charge is -2.47. The van der Waals surface area contributed by atoms with Crippen LogP contribution in [0.25, 0.3) is 0 Å². The van der Waals surface area contributed by atoms with E-state index < -0.39 is 0 Å². The van der Waals surface area contributed by atoms with Gasteiger partial charge in [0.05, 0.1) is 6.54 Å². The Morgan fingerprint density at radius 3 is 2.46 bits per heavy atom. The normalized spacial score (nSPS) is 25.8. The summed E-state index contributed by atoms with van der Waals surface area (Å²) in [7, 11) is 0. The second-order valence-corrected chi connectivity index (χ2v) is 8.08. The van der Waals surface area contributed by atoms with Crippen LogP contribution in [0, 0.1) is 10.8 Å². The smallest absolute Gasteiger partial charge is 0.251 e. The van der Waals surface area contributed by atoms with Crippen molar-refractivity contribution < 1.29 is 9.59 Å². The highest BCUT2D eigenvalue weighted by Gasteiger charge is 2.41. The SMILES string of the molecule is CC1(C)CC(NC(=O)CN)CC(C)(CNC(=O)c2ccccc2)C1. The van der Waals surface area contributed by atoms with Crippen molar-refractivity contribution in [1.82, 2.24) is 10.6 Å². The van der Waals surface area contributed by atoms with E-state index >= 15 is 0 Å². The first-order valence-corrected chi connectivity index (χ1v) is 8.56. The number of carbonyl (C=O) groups is 2. The molecule has 0 radical (unpaired) electrons. The summed E-state index contributed by atoms with van der Waals surface area (Å²) in [5.41, 5.74) is 6.14. The van der Waals surface area contributed by atoms with Crippen molar-refractivity contribution in [2.45, 2.75) is 46.1 Å². The molecule has 0 aromatic heterocycles. The van der Waals surface area contributed by atoms with E-state index in [1.165, 1.54) is 0 Å². The average molecular weight is 331 g/mol. The summed E-state index contributed by atoms with van der Waals surface area (Å²) in [6.07, 6.45) is 2.78. The minimum atomic E-state index is -0.117. The van der Waals surface area contributed by atoms with Gasteiger partial charge >= 0.3 is 0 Å². The molecule has 1 aliphatic carbocycles. The Morgan fingerprint density at radius 2 is 1.83 bits per heavy atom. The molecular formula is C19H29N3O2. The number of nitrogens with one attached hydrogen (secondary N) is 2. The van der Waals surface area contributed by atoms with Crippen LogP contribution in [0.2, 0.25) is 0 Å². The van der Waals surface area contributed by atoms with Gasteiger partial charge in [-0.2, -0.15) is 0 Å². The van der Waals surface area contributed by atoms with Gasteiger partial charge in [0.25, 0.3) is 5.91 Å². The second-order valence-electron chi connectivity index (χ2n) is 8.08. The molecule has 2 unspecified atom stereocenters. The Morgan fingerprint density at radius 1 is 1.17 bits per heavy atom. The molecule has 0 heterocycles. The first kappa shape index (κ1) is 18.5. The molecule has 0 aliphatic heterocycles. The molecule has 1 fully saturated rings. The van der Waals surface area contributed by atoms with Gasteiger partial charge in [-0.1, -0.05) is 39.0 Å². The average Bonchev–Trinajstić information content (AvgIpc) is 2.51. The van der Waals surface area contributed by atoms with Gasteiger partial charge in [-0.3, -0.25) is 9.59 Å². The Bertz CT molecular complexity index is 586. The van der Waals surface area contributed by atoms with E-state index in [0.29, 0.717) is 12.1 Å². The summed E-state index contributed by atoms with van der Waals surface area (Å²) < 4.78 is 0. The summed E-state index contributed by atoms with van der Waals surface area (Å²) in [6, 6.07) is 9.34. The maximum Gasteiger partial charge on any atom is 0.251 e. The van der Waals surface area contributed by atoms with Crippen LogP contribution in [0.5, 0.6) is 0 Å². The Labute approximate surface area is 144 Å². The van der Waals surface area contributed by atoms with E-state index in [0.717, 1.165) is 19.3 Å². The van der Waals surface area contributed by atoms with Crippen LogP contribution in [0.4, 0.5) is 0 Å². The van der Waals surface area contributed by atoms with Crippen molar-refractivity contribution in [1.29, 1.82) is 0 Å². The monoisotopic (exact) mass is 331 g/mol. The number of hydrogen-bond acceptors (Lipinski definition) is 3. The predicted octanol–water partition coefficient (Wildman–Crippen LogP) is 2.08. The lowest BCUT2D eigenvalue weighted by atomic mass is 9.62. The van der Waals surface area contributed by atoms with Crippen molar-refractivity contribution in [2.24, 2.45) is 16.6 Å². The van der Waals surface area contributed by atoms with Crippen molar-refractivity contribution in [3.05, 3.63) is 35.9 Å². The van der Waals surface area contributed by atoms with Crippen LogP contribution >= 0.6 is 0 Å². The summed E-state index contributed by atoms with van der Waals surface area (Å²) in [5, 5.41) is 6.08. The van der Waals surface area contributed by atoms with Crippen LogP contribution in [0.3, 0.4) is 0 Å². The van der Waals surface area contributed by atoms with Gasteiger partial charge in [-0.25, -0.2) is 0 Å². The molecule has 0 spiro atoms. The third-order valence-electron chi connectivity index (χ3n) is 4.71. The topological polar surface area (TPSA) is 84.2 Å². The van der Waals surface area contributed by atoms with Gasteiger partial charge < -0.3 is 16.4 Å². The van der Waals surface area contributed by atoms with E-state index in [1.807, 2.05) is 30.3 Å². The van der Waals surface area contributed by atoms with Crippen LogP contribution in [-0.4, -0.2) is 30.9 Å². The summed E-state index contributed by atoms with van der Waals surface area (Å²) >= 11 is 0. The summed E-state index contributed by atoms with van der Waals surface area (Å²) in [6.45, 7) is 7.22. The van der Waals surface area contributed by atoms with Crippen LogP contribution < -0.4 is 16.4 Å². The Hall–Kier alpha value is -1.88. The van der Waals surface area contributed by atoms with E-state index in [2.05, 4.69) is 31.4 Å². The van der Waals surface area contributed by atoms with Gasteiger partial charge in [0, 0.05) is 18.2 Å². The zero-order valence-corrected chi connectivity index (χ0v) is 14.9. The molecule has 4 N–H and O–H groups in total. The highest BCUT2D eigenvalue weighted by atomic mass is 16.2. The molecule has 0 saturated heterocycles. The molecule has 1 saturated carbocycles. The van der Waals surface area contributed by atoms with Crippen molar-refractivity contribution in [3.8, 4) is 0 Å². The fourth-order valence-corrected chi connectivity index (χ4v) is 4.14. The van der Waals surface area contributed by atoms with Gasteiger partial charge in [0.2, 0.25) is 5.91 Å². The summed E-state index contributed by atoms with van der Waals surface area (Å²) in [4.78, 5) is 23.9. The van der Waals surface area contributed by atoms with E-state index in [1.54, 1.807) is 0 Å². The Kier molecular flexibility index (Phi) is 5.65. The maximum atomic E-state index is 12.3. The number of benzene rings is 1. The molecule has 24 heavy (non-hydrogen) atoms. The van der Waals surface area contributed by atoms with Gasteiger partial charge in [-0.15, -0.1) is 0 Å². The van der Waals surface area contributed by atoms with Crippen LogP contribution in [-0.2, 0) is 4.79 Å². The van der Waals surface area contributed by atoms with E-state index in [9.17, 15) is 9.59 Å². The first-order chi connectivity index (χ1) is 11.2. The van der Waals surface area contributed by atoms with Gasteiger partial charge in [0.15, 0.2) is 0 Å². The lowest BCUT2D eigenvalue weighted by molar-refractivity contribution is -0.121. The molecular weight excluding hydrogens is 302 g/mol. The molecule has 1 aromatic carbocycles. The third-order valence-corrected chi connectivity index (χ3v) is 4.71. The second kappa shape index (κ2) is 7.34. The molecule has 2 rings (SSSR count). The van der Waals surface area contributed by atoms with Crippen molar-refractivity contribution in [2.75, 3.05) is 13.1 Å². The quantitative estimate of drug-likeness (QED) is 0.772. The minimum Gasteiger partial charge on any atom is -0.352 e. The molecule has 0 bridgehead atoms. The standard InChI is InChI=1S/C19H29N3O2/c1-18(2)9-15(22-16(23)11-20)10-19(3,12-18)13-21-17(24)14-7-5-4-6-8-14/h4-8,15H,9-13,20H2,1-3H3,(H,21,24)(H,22,23). The molecule has 1 aliphatic rings. The molecule has 2 atom stereocenters. The number of hydrogen-bond donors (Lipinski definition) is 3. The van der Waals surface area contributed by atoms with Crippen molar-refractivity contribution in [3.63, 3.8) is 0 Å². The van der Waals surface area contributed by atoms with Crippen LogP contribution in [0.15, 0.2) is 30.3 Å². The predicted molar refractivity (Wildman–Crippen MR) is 95.5 cm³/mol. The lowest BCUT2D eigenvalue weighted by Crippen LogP contribution is -2.51. The van der Waals surface area contributed by atoms with Gasteiger partial charge in [-0.05, 0) is 42.2 Å². The molecule has 5 nitrogen and oxygen atoms in total. The zero-order chi connectivity index (χ0) is 17.8. The van der Waals surface area contributed by atoms with Gasteiger partial charge in [0.1, 0.15) is 0 Å². The van der Waals surface area contributed by atoms with E-state index in [4.69, 9.17) is 5.73 Å². The fourth-order valence-electron chi connectivity index (χ4n) is 4.14.